The molecule has 2 amide bonds. The van der Waals surface area contributed by atoms with Crippen LogP contribution in [0.5, 0.6) is 0 Å². The maximum absolute atomic E-state index is 13.8. The Bertz CT molecular complexity index is 1770. The van der Waals surface area contributed by atoms with Gasteiger partial charge in [0.2, 0.25) is 11.8 Å². The fourth-order valence-corrected chi connectivity index (χ4v) is 11.8. The minimum absolute atomic E-state index is 0.00871. The van der Waals surface area contributed by atoms with E-state index in [-0.39, 0.29) is 31.7 Å². The molecule has 496 valence electrons. The summed E-state index contributed by atoms with van der Waals surface area (Å²) in [6, 6.07) is -4.59. The first-order valence-corrected chi connectivity index (χ1v) is 33.2. The normalized spacial score (nSPS) is 32.7. The molecule has 4 aliphatic rings. The highest BCUT2D eigenvalue weighted by Gasteiger charge is 2.54. The Balaban J connectivity index is 1.25. The van der Waals surface area contributed by atoms with Gasteiger partial charge in [-0.2, -0.15) is 0 Å². The lowest BCUT2D eigenvalue weighted by atomic mass is 9.84. The maximum atomic E-state index is 13.8. The number of carbonyl (C=O) groups excluding carboxylic acids is 2. The molecule has 1 saturated carbocycles. The molecule has 4 fully saturated rings. The fraction of sp³-hybridized carbons (Fsp3) is 0.905. The molecular formula is C63H118N6O16. The minimum Gasteiger partial charge on any atom is -0.394 e. The largest absolute Gasteiger partial charge is 0.394 e. The summed E-state index contributed by atoms with van der Waals surface area (Å²) in [5.74, 6) is -0.561. The molecule has 3 aliphatic heterocycles. The van der Waals surface area contributed by atoms with Crippen molar-refractivity contribution < 1.29 is 78.9 Å². The second kappa shape index (κ2) is 43.4. The summed E-state index contributed by atoms with van der Waals surface area (Å²) in [5, 5.41) is 88.7. The lowest BCUT2D eigenvalue weighted by Crippen LogP contribution is -2.68. The van der Waals surface area contributed by atoms with Gasteiger partial charge < -0.3 is 102 Å². The number of aliphatic hydroxyl groups excluding tert-OH is 8. The Kier molecular flexibility index (Phi) is 38.4. The zero-order valence-electron chi connectivity index (χ0n) is 51.8. The number of hydrogen-bond acceptors (Lipinski definition) is 20. The van der Waals surface area contributed by atoms with Crippen LogP contribution < -0.4 is 28.3 Å². The van der Waals surface area contributed by atoms with Crippen LogP contribution in [0, 0.1) is 0 Å². The van der Waals surface area contributed by atoms with Gasteiger partial charge in [0.05, 0.1) is 31.4 Å². The highest BCUT2D eigenvalue weighted by atomic mass is 16.8. The van der Waals surface area contributed by atoms with Crippen molar-refractivity contribution in [3.63, 3.8) is 0 Å². The molecule has 0 spiro atoms. The second-order valence-electron chi connectivity index (χ2n) is 24.5. The molecule has 22 heteroatoms. The lowest BCUT2D eigenvalue weighted by Gasteiger charge is -2.47. The number of allylic oxidation sites excluding steroid dienone is 4. The molecule has 0 aromatic heterocycles. The number of nitrogens with zero attached hydrogens (tertiary/aromatic N) is 1. The van der Waals surface area contributed by atoms with Gasteiger partial charge in [-0.25, -0.2) is 0 Å². The average Bonchev–Trinajstić information content (AvgIpc) is 2.54. The Labute approximate surface area is 508 Å². The summed E-state index contributed by atoms with van der Waals surface area (Å²) in [5.41, 5.74) is 25.1. The van der Waals surface area contributed by atoms with Crippen molar-refractivity contribution in [3.05, 3.63) is 24.3 Å². The summed E-state index contributed by atoms with van der Waals surface area (Å²) in [6.45, 7) is 4.06. The summed E-state index contributed by atoms with van der Waals surface area (Å²) in [6.07, 6.45) is 20.8. The SMILES string of the molecule is CCCCCCCC/C=C\CCCCCCCCN(CCCCCCCC/C=C\CCCCCCCC)C(=O)CCC(=O)NCC1O[C@H](O[C@@H]2C(O)[C@H](O[C@@H]3C(O)[C@H](N)CC(N)[C@H]3O[C@H]3OC(CO)[C@@H](O)[C@H](O)C3N)O[C@@H]2CO)[C@H](N)C(O)[C@@H]1O. The van der Waals surface area contributed by atoms with E-state index in [1.165, 1.54) is 116 Å². The smallest absolute Gasteiger partial charge is 0.223 e. The van der Waals surface area contributed by atoms with E-state index in [1.807, 2.05) is 4.90 Å². The molecule has 4 rings (SSSR count). The van der Waals surface area contributed by atoms with Crippen LogP contribution in [0.4, 0.5) is 0 Å². The monoisotopic (exact) mass is 1210 g/mol. The van der Waals surface area contributed by atoms with Crippen LogP contribution in [-0.4, -0.2) is 207 Å². The summed E-state index contributed by atoms with van der Waals surface area (Å²) >= 11 is 0. The highest BCUT2D eigenvalue weighted by molar-refractivity contribution is 5.83. The number of aliphatic hydroxyl groups is 8. The number of unbranched alkanes of at least 4 members (excludes halogenated alkanes) is 24. The molecule has 19 atom stereocenters. The Morgan fingerprint density at radius 3 is 1.33 bits per heavy atom. The number of nitrogens with one attached hydrogen (secondary N) is 1. The predicted octanol–water partition coefficient (Wildman–Crippen LogP) is 3.98. The Morgan fingerprint density at radius 2 is 0.859 bits per heavy atom. The van der Waals surface area contributed by atoms with E-state index < -0.39 is 135 Å². The molecule has 1 aliphatic carbocycles. The molecule has 0 aromatic rings. The second-order valence-corrected chi connectivity index (χ2v) is 24.5. The summed E-state index contributed by atoms with van der Waals surface area (Å²) in [7, 11) is 0. The average molecular weight is 1220 g/mol. The highest BCUT2D eigenvalue weighted by Crippen LogP contribution is 2.35. The third-order valence-corrected chi connectivity index (χ3v) is 17.4. The number of nitrogens with two attached hydrogens (primary N) is 4. The molecule has 3 heterocycles. The van der Waals surface area contributed by atoms with Gasteiger partial charge in [-0.1, -0.05) is 154 Å². The van der Waals surface area contributed by atoms with E-state index in [9.17, 15) is 50.4 Å². The van der Waals surface area contributed by atoms with Crippen molar-refractivity contribution >= 4 is 11.8 Å². The van der Waals surface area contributed by atoms with Gasteiger partial charge in [-0.3, -0.25) is 9.59 Å². The van der Waals surface area contributed by atoms with Crippen LogP contribution in [0.1, 0.15) is 213 Å². The first-order valence-electron chi connectivity index (χ1n) is 33.2. The number of carbonyl (C=O) groups is 2. The predicted molar refractivity (Wildman–Crippen MR) is 325 cm³/mol. The van der Waals surface area contributed by atoms with Crippen molar-refractivity contribution in [2.45, 2.75) is 329 Å². The topological polar surface area (TPSA) is 371 Å². The summed E-state index contributed by atoms with van der Waals surface area (Å²) in [4.78, 5) is 29.0. The van der Waals surface area contributed by atoms with Gasteiger partial charge in [0.1, 0.15) is 67.1 Å². The van der Waals surface area contributed by atoms with Crippen molar-refractivity contribution in [2.24, 2.45) is 22.9 Å². The van der Waals surface area contributed by atoms with Gasteiger partial charge in [-0.15, -0.1) is 0 Å². The van der Waals surface area contributed by atoms with Gasteiger partial charge in [0, 0.05) is 44.6 Å². The van der Waals surface area contributed by atoms with Crippen molar-refractivity contribution in [3.8, 4) is 0 Å². The van der Waals surface area contributed by atoms with Crippen molar-refractivity contribution in [1.82, 2.24) is 10.2 Å². The first kappa shape index (κ1) is 75.2. The van der Waals surface area contributed by atoms with Crippen LogP contribution in [0.3, 0.4) is 0 Å². The quantitative estimate of drug-likeness (QED) is 0.0303. The zero-order valence-corrected chi connectivity index (χ0v) is 51.8. The van der Waals surface area contributed by atoms with E-state index in [2.05, 4.69) is 43.5 Å². The molecule has 0 bridgehead atoms. The third-order valence-electron chi connectivity index (χ3n) is 17.4. The van der Waals surface area contributed by atoms with Crippen LogP contribution in [0.2, 0.25) is 0 Å². The molecule has 0 aromatic carbocycles. The standard InChI is InChI=1S/C63H118N6O16/c1-3-5-7-9-11-13-15-17-19-21-23-25-27-29-31-33-37-69(38-34-32-30-28-26-24-22-20-18-16-14-12-10-8-6-4-2)49(73)36-35-48(72)68-40-45-53(75)55(77)50(66)61(80-45)84-59-47(42-71)82-63(57(59)79)85-60-52(74)43(64)39-44(65)58(60)83-62-51(67)56(78)54(76)46(41-70)81-62/h17-20,43-47,50-63,70-71,74-79H,3-16,21-42,64-67H2,1-2H3,(H,68,72)/b19-17-,20-18-/t43-,44?,45?,46?,47-,50-,51?,52?,53-,54-,55?,56-,57?,58-,59+,60-,61-,62-,63+/m1/s1. The molecule has 85 heavy (non-hydrogen) atoms. The third kappa shape index (κ3) is 26.6. The van der Waals surface area contributed by atoms with Gasteiger partial charge >= 0.3 is 0 Å². The lowest BCUT2D eigenvalue weighted by molar-refractivity contribution is -0.310. The number of rotatable bonds is 45. The Hall–Kier alpha value is -2.30. The minimum atomic E-state index is -1.72. The summed E-state index contributed by atoms with van der Waals surface area (Å²) < 4.78 is 35.7. The van der Waals surface area contributed by atoms with Crippen molar-refractivity contribution in [2.75, 3.05) is 32.8 Å². The Morgan fingerprint density at radius 1 is 0.459 bits per heavy atom. The molecule has 3 saturated heterocycles. The number of amides is 2. The van der Waals surface area contributed by atoms with Gasteiger partial charge in [-0.05, 0) is 70.6 Å². The fourth-order valence-electron chi connectivity index (χ4n) is 11.8. The number of ether oxygens (including phenoxy) is 6. The van der Waals surface area contributed by atoms with Crippen LogP contribution in [0.25, 0.3) is 0 Å². The molecular weight excluding hydrogens is 1100 g/mol. The van der Waals surface area contributed by atoms with Crippen molar-refractivity contribution in [1.29, 1.82) is 0 Å². The van der Waals surface area contributed by atoms with Crippen LogP contribution in [-0.2, 0) is 38.0 Å². The van der Waals surface area contributed by atoms with E-state index >= 15 is 0 Å². The molecule has 17 N–H and O–H groups in total. The van der Waals surface area contributed by atoms with Crippen LogP contribution in [0.15, 0.2) is 24.3 Å². The molecule has 0 radical (unpaired) electrons. The zero-order chi connectivity index (χ0) is 61.9. The first-order chi connectivity index (χ1) is 41.1. The van der Waals surface area contributed by atoms with Crippen LogP contribution >= 0.6 is 0 Å². The van der Waals surface area contributed by atoms with Gasteiger partial charge in [0.15, 0.2) is 18.9 Å². The maximum Gasteiger partial charge on any atom is 0.223 e. The van der Waals surface area contributed by atoms with E-state index in [4.69, 9.17) is 51.4 Å². The van der Waals surface area contributed by atoms with E-state index in [0.717, 1.165) is 64.2 Å². The van der Waals surface area contributed by atoms with Gasteiger partial charge in [0.25, 0.3) is 0 Å². The van der Waals surface area contributed by atoms with E-state index in [1.54, 1.807) is 0 Å². The molecule has 7 unspecified atom stereocenters. The molecule has 22 nitrogen and oxygen atoms in total. The van der Waals surface area contributed by atoms with E-state index in [0.29, 0.717) is 13.1 Å². The number of hydrogen-bond donors (Lipinski definition) is 13.